The van der Waals surface area contributed by atoms with Crippen molar-refractivity contribution >= 4 is 17.3 Å². The van der Waals surface area contributed by atoms with Gasteiger partial charge in [-0.05, 0) is 43.7 Å². The number of benzene rings is 1. The molecule has 2 aromatic rings. The topological polar surface area (TPSA) is 77.5 Å². The predicted octanol–water partition coefficient (Wildman–Crippen LogP) is 3.08. The number of aryl methyl sites for hydroxylation is 1. The highest BCUT2D eigenvalue weighted by atomic mass is 16.5. The zero-order valence-corrected chi connectivity index (χ0v) is 12.3. The minimum absolute atomic E-state index is 0.237. The van der Waals surface area contributed by atoms with Crippen molar-refractivity contribution in [3.05, 3.63) is 47.9 Å². The zero-order valence-electron chi connectivity index (χ0n) is 12.3. The van der Waals surface area contributed by atoms with E-state index in [-0.39, 0.29) is 12.0 Å². The normalized spacial score (nSPS) is 11.9. The molecule has 0 bridgehead atoms. The molecular weight excluding hydrogens is 268 g/mol. The van der Waals surface area contributed by atoms with Crippen LogP contribution >= 0.6 is 0 Å². The second-order valence-corrected chi connectivity index (χ2v) is 4.96. The van der Waals surface area contributed by atoms with E-state index in [1.807, 2.05) is 12.1 Å². The highest BCUT2D eigenvalue weighted by molar-refractivity contribution is 5.91. The van der Waals surface area contributed by atoms with Crippen molar-refractivity contribution in [3.63, 3.8) is 0 Å². The average molecular weight is 288 g/mol. The Hall–Kier alpha value is -2.43. The van der Waals surface area contributed by atoms with Gasteiger partial charge in [-0.2, -0.15) is 0 Å². The van der Waals surface area contributed by atoms with Crippen LogP contribution in [0.25, 0.3) is 0 Å². The maximum Gasteiger partial charge on any atom is 0.337 e. The Labute approximate surface area is 124 Å². The highest BCUT2D eigenvalue weighted by Crippen LogP contribution is 2.22. The lowest BCUT2D eigenvalue weighted by Crippen LogP contribution is -2.17. The third kappa shape index (κ3) is 4.02. The van der Waals surface area contributed by atoms with Crippen molar-refractivity contribution in [1.29, 1.82) is 0 Å². The van der Waals surface area contributed by atoms with Gasteiger partial charge in [0.15, 0.2) is 0 Å². The fourth-order valence-electron chi connectivity index (χ4n) is 2.09. The summed E-state index contributed by atoms with van der Waals surface area (Å²) < 4.78 is 9.98. The van der Waals surface area contributed by atoms with Crippen LogP contribution in [0, 0.1) is 0 Å². The maximum absolute atomic E-state index is 11.4. The van der Waals surface area contributed by atoms with Gasteiger partial charge in [0.25, 0.3) is 0 Å². The number of nitrogen functional groups attached to an aromatic ring is 1. The molecule has 1 aromatic heterocycles. The van der Waals surface area contributed by atoms with Gasteiger partial charge in [-0.1, -0.05) is 0 Å². The fraction of sp³-hybridized carbons (Fsp3) is 0.312. The molecular formula is C16H20N2O3. The molecule has 2 rings (SSSR count). The van der Waals surface area contributed by atoms with Gasteiger partial charge < -0.3 is 20.2 Å². The molecule has 0 fully saturated rings. The van der Waals surface area contributed by atoms with Crippen molar-refractivity contribution in [3.8, 4) is 0 Å². The van der Waals surface area contributed by atoms with Gasteiger partial charge in [0.1, 0.15) is 5.76 Å². The van der Waals surface area contributed by atoms with E-state index in [4.69, 9.17) is 10.2 Å². The van der Waals surface area contributed by atoms with Crippen LogP contribution in [0.3, 0.4) is 0 Å². The minimum atomic E-state index is -0.390. The van der Waals surface area contributed by atoms with Crippen LogP contribution < -0.4 is 11.1 Å². The Bertz CT molecular complexity index is 594. The van der Waals surface area contributed by atoms with Crippen LogP contribution in [0.5, 0.6) is 0 Å². The number of anilines is 2. The first-order valence-electron chi connectivity index (χ1n) is 6.87. The maximum atomic E-state index is 11.4. The molecule has 0 saturated carbocycles. The molecule has 21 heavy (non-hydrogen) atoms. The summed E-state index contributed by atoms with van der Waals surface area (Å²) in [4.78, 5) is 11.4. The second-order valence-electron chi connectivity index (χ2n) is 4.96. The van der Waals surface area contributed by atoms with Crippen LogP contribution in [-0.4, -0.2) is 19.1 Å². The quantitative estimate of drug-likeness (QED) is 0.631. The van der Waals surface area contributed by atoms with E-state index < -0.39 is 0 Å². The summed E-state index contributed by atoms with van der Waals surface area (Å²) in [6.45, 7) is 2.08. The van der Waals surface area contributed by atoms with Gasteiger partial charge in [-0.3, -0.25) is 0 Å². The largest absolute Gasteiger partial charge is 0.469 e. The van der Waals surface area contributed by atoms with E-state index in [2.05, 4.69) is 17.0 Å². The van der Waals surface area contributed by atoms with E-state index >= 15 is 0 Å². The molecule has 1 unspecified atom stereocenters. The van der Waals surface area contributed by atoms with Gasteiger partial charge in [0, 0.05) is 12.5 Å². The number of carbonyl (C=O) groups excluding carboxylic acids is 1. The molecule has 0 aliphatic carbocycles. The predicted molar refractivity (Wildman–Crippen MR) is 82.3 cm³/mol. The standard InChI is InChI=1S/C16H20N2O3/c1-11(5-7-13-4-3-9-21-13)18-15-8-6-12(10-14(15)17)16(19)20-2/h3-4,6,8-11,18H,5,7,17H2,1-2H3. The molecule has 0 aliphatic heterocycles. The first-order chi connectivity index (χ1) is 10.1. The first kappa shape index (κ1) is 15.0. The van der Waals surface area contributed by atoms with Gasteiger partial charge in [-0.15, -0.1) is 0 Å². The monoisotopic (exact) mass is 288 g/mol. The number of nitrogens with two attached hydrogens (primary N) is 1. The molecule has 0 saturated heterocycles. The molecule has 112 valence electrons. The van der Waals surface area contributed by atoms with Crippen molar-refractivity contribution in [1.82, 2.24) is 0 Å². The van der Waals surface area contributed by atoms with Crippen molar-refractivity contribution in [2.75, 3.05) is 18.2 Å². The van der Waals surface area contributed by atoms with E-state index in [1.165, 1.54) is 7.11 Å². The summed E-state index contributed by atoms with van der Waals surface area (Å²) in [6.07, 6.45) is 3.46. The van der Waals surface area contributed by atoms with Gasteiger partial charge in [-0.25, -0.2) is 4.79 Å². The number of rotatable bonds is 6. The Kier molecular flexibility index (Phi) is 4.87. The number of carbonyl (C=O) groups is 1. The molecule has 1 heterocycles. The van der Waals surface area contributed by atoms with E-state index in [9.17, 15) is 4.79 Å². The van der Waals surface area contributed by atoms with E-state index in [0.29, 0.717) is 11.3 Å². The summed E-state index contributed by atoms with van der Waals surface area (Å²) in [5, 5.41) is 3.34. The Morgan fingerprint density at radius 3 is 2.86 bits per heavy atom. The second kappa shape index (κ2) is 6.83. The lowest BCUT2D eigenvalue weighted by Gasteiger charge is -2.16. The van der Waals surface area contributed by atoms with Crippen molar-refractivity contribution < 1.29 is 13.9 Å². The van der Waals surface area contributed by atoms with E-state index in [1.54, 1.807) is 24.5 Å². The molecule has 1 aromatic carbocycles. The lowest BCUT2D eigenvalue weighted by atomic mass is 10.1. The summed E-state index contributed by atoms with van der Waals surface area (Å²) in [6, 6.07) is 9.20. The Morgan fingerprint density at radius 1 is 1.43 bits per heavy atom. The number of methoxy groups -OCH3 is 1. The molecule has 3 N–H and O–H groups in total. The Balaban J connectivity index is 1.94. The van der Waals surface area contributed by atoms with Gasteiger partial charge >= 0.3 is 5.97 Å². The molecule has 0 aliphatic rings. The SMILES string of the molecule is COC(=O)c1ccc(NC(C)CCc2ccco2)c(N)c1. The number of hydrogen-bond acceptors (Lipinski definition) is 5. The van der Waals surface area contributed by atoms with Crippen LogP contribution in [0.2, 0.25) is 0 Å². The van der Waals surface area contributed by atoms with Crippen LogP contribution in [0.15, 0.2) is 41.0 Å². The molecule has 0 radical (unpaired) electrons. The Morgan fingerprint density at radius 2 is 2.24 bits per heavy atom. The zero-order chi connectivity index (χ0) is 15.2. The number of esters is 1. The number of hydrogen-bond donors (Lipinski definition) is 2. The first-order valence-corrected chi connectivity index (χ1v) is 6.87. The van der Waals surface area contributed by atoms with Crippen LogP contribution in [0.4, 0.5) is 11.4 Å². The molecule has 5 heteroatoms. The number of nitrogens with one attached hydrogen (secondary N) is 1. The summed E-state index contributed by atoms with van der Waals surface area (Å²) in [5.41, 5.74) is 7.76. The minimum Gasteiger partial charge on any atom is -0.469 e. The lowest BCUT2D eigenvalue weighted by molar-refractivity contribution is 0.0601. The third-order valence-corrected chi connectivity index (χ3v) is 3.28. The number of ether oxygens (including phenoxy) is 1. The van der Waals surface area contributed by atoms with Crippen LogP contribution in [-0.2, 0) is 11.2 Å². The summed E-state index contributed by atoms with van der Waals surface area (Å²) in [7, 11) is 1.35. The average Bonchev–Trinajstić information content (AvgIpc) is 2.99. The summed E-state index contributed by atoms with van der Waals surface area (Å²) in [5.74, 6) is 0.580. The highest BCUT2D eigenvalue weighted by Gasteiger charge is 2.10. The fourth-order valence-corrected chi connectivity index (χ4v) is 2.09. The molecule has 0 spiro atoms. The van der Waals surface area contributed by atoms with Crippen molar-refractivity contribution in [2.24, 2.45) is 0 Å². The van der Waals surface area contributed by atoms with Gasteiger partial charge in [0.2, 0.25) is 0 Å². The molecule has 1 atom stereocenters. The summed E-state index contributed by atoms with van der Waals surface area (Å²) >= 11 is 0. The van der Waals surface area contributed by atoms with Gasteiger partial charge in [0.05, 0.1) is 30.3 Å². The third-order valence-electron chi connectivity index (χ3n) is 3.28. The van der Waals surface area contributed by atoms with Crippen molar-refractivity contribution in [2.45, 2.75) is 25.8 Å². The smallest absolute Gasteiger partial charge is 0.337 e. The van der Waals surface area contributed by atoms with Crippen LogP contribution in [0.1, 0.15) is 29.5 Å². The molecule has 5 nitrogen and oxygen atoms in total. The number of furan rings is 1. The van der Waals surface area contributed by atoms with E-state index in [0.717, 1.165) is 24.3 Å². The molecule has 0 amide bonds.